The average molecular weight is 473 g/mol. The number of anilines is 1. The Morgan fingerprint density at radius 2 is 1.86 bits per heavy atom. The molecule has 2 heterocycles. The van der Waals surface area contributed by atoms with Crippen molar-refractivity contribution in [2.75, 3.05) is 11.9 Å². The molecule has 1 aliphatic heterocycles. The molecule has 0 saturated heterocycles. The summed E-state index contributed by atoms with van der Waals surface area (Å²) < 4.78 is 39.0. The van der Waals surface area contributed by atoms with Crippen molar-refractivity contribution >= 4 is 28.4 Å². The third-order valence-corrected chi connectivity index (χ3v) is 5.98. The number of hydrogen-bond acceptors (Lipinski definition) is 3. The fourth-order valence-corrected chi connectivity index (χ4v) is 4.28. The third-order valence-electron chi connectivity index (χ3n) is 5.98. The monoisotopic (exact) mass is 473 g/mol. The van der Waals surface area contributed by atoms with Gasteiger partial charge in [-0.2, -0.15) is 18.2 Å². The van der Waals surface area contributed by atoms with Crippen molar-refractivity contribution < 1.29 is 22.8 Å². The molecule has 1 aliphatic rings. The number of alkyl halides is 3. The molecule has 1 aromatic heterocycles. The van der Waals surface area contributed by atoms with Crippen molar-refractivity contribution in [1.29, 1.82) is 0 Å². The number of nitrogens with zero attached hydrogens (tertiary/aromatic N) is 2. The minimum absolute atomic E-state index is 0.0301. The second-order valence-electron chi connectivity index (χ2n) is 8.19. The normalized spacial score (nSPS) is 13.3. The summed E-state index contributed by atoms with van der Waals surface area (Å²) in [5.41, 5.74) is 1.98. The lowest BCUT2D eigenvalue weighted by Gasteiger charge is -2.29. The summed E-state index contributed by atoms with van der Waals surface area (Å²) in [6, 6.07) is 19.8. The highest BCUT2D eigenvalue weighted by Gasteiger charge is 2.31. The summed E-state index contributed by atoms with van der Waals surface area (Å²) in [4.78, 5) is 32.1. The fraction of sp³-hybridized carbons (Fsp3) is 0.148. The second-order valence-corrected chi connectivity index (χ2v) is 8.19. The first kappa shape index (κ1) is 22.4. The van der Waals surface area contributed by atoms with Gasteiger partial charge in [0.1, 0.15) is 0 Å². The van der Waals surface area contributed by atoms with Gasteiger partial charge in [0.05, 0.1) is 17.6 Å². The molecule has 4 aromatic rings. The Bertz CT molecular complexity index is 1440. The molecule has 5 nitrogen and oxygen atoms in total. The first-order valence-corrected chi connectivity index (χ1v) is 10.9. The van der Waals surface area contributed by atoms with Crippen LogP contribution in [0.25, 0.3) is 10.9 Å². The number of carbonyl (C=O) groups excluding carboxylic acids is 2. The molecular formula is C27H18F3N3O2. The van der Waals surface area contributed by atoms with E-state index in [2.05, 4.69) is 22.6 Å². The highest BCUT2D eigenvalue weighted by molar-refractivity contribution is 6.08. The summed E-state index contributed by atoms with van der Waals surface area (Å²) in [5.74, 6) is -0.792. The summed E-state index contributed by atoms with van der Waals surface area (Å²) in [6.45, 7) is 0.697. The van der Waals surface area contributed by atoms with Gasteiger partial charge in [0.25, 0.3) is 11.8 Å². The first-order chi connectivity index (χ1) is 16.8. The number of benzene rings is 3. The highest BCUT2D eigenvalue weighted by Crippen LogP contribution is 2.31. The summed E-state index contributed by atoms with van der Waals surface area (Å²) in [7, 11) is 0. The predicted octanol–water partition coefficient (Wildman–Crippen LogP) is 5.30. The minimum atomic E-state index is -4.52. The van der Waals surface area contributed by atoms with Gasteiger partial charge in [-0.05, 0) is 54.4 Å². The lowest BCUT2D eigenvalue weighted by atomic mass is 9.93. The molecule has 1 N–H and O–H groups in total. The quantitative estimate of drug-likeness (QED) is 0.437. The Hall–Kier alpha value is -4.38. The van der Waals surface area contributed by atoms with Gasteiger partial charge in [0.15, 0.2) is 0 Å². The van der Waals surface area contributed by atoms with E-state index in [0.29, 0.717) is 30.6 Å². The van der Waals surface area contributed by atoms with E-state index >= 15 is 0 Å². The maximum absolute atomic E-state index is 13.3. The lowest BCUT2D eigenvalue weighted by Crippen LogP contribution is -2.38. The van der Waals surface area contributed by atoms with E-state index < -0.39 is 17.6 Å². The van der Waals surface area contributed by atoms with Gasteiger partial charge in [-0.1, -0.05) is 30.3 Å². The maximum atomic E-state index is 13.3. The number of carbonyl (C=O) groups is 2. The van der Waals surface area contributed by atoms with Gasteiger partial charge in [-0.25, -0.2) is 0 Å². The van der Waals surface area contributed by atoms with Gasteiger partial charge < -0.3 is 10.2 Å². The van der Waals surface area contributed by atoms with Crippen LogP contribution in [0.5, 0.6) is 0 Å². The van der Waals surface area contributed by atoms with E-state index in [-0.39, 0.29) is 17.2 Å². The van der Waals surface area contributed by atoms with Crippen LogP contribution in [0.15, 0.2) is 66.7 Å². The molecule has 3 aromatic carbocycles. The van der Waals surface area contributed by atoms with E-state index in [1.165, 1.54) is 12.1 Å². The Morgan fingerprint density at radius 3 is 2.69 bits per heavy atom. The molecule has 0 bridgehead atoms. The average Bonchev–Trinajstić information content (AvgIpc) is 2.85. The van der Waals surface area contributed by atoms with E-state index in [1.807, 2.05) is 24.3 Å². The zero-order chi connectivity index (χ0) is 24.6. The number of para-hydroxylation sites is 1. The summed E-state index contributed by atoms with van der Waals surface area (Å²) in [6.07, 6.45) is -1.33. The van der Waals surface area contributed by atoms with Crippen molar-refractivity contribution in [3.05, 3.63) is 107 Å². The smallest absolute Gasteiger partial charge is 0.333 e. The number of hydrogen-bond donors (Lipinski definition) is 1. The van der Waals surface area contributed by atoms with Crippen LogP contribution in [-0.4, -0.2) is 28.2 Å². The second kappa shape index (κ2) is 8.76. The summed E-state index contributed by atoms with van der Waals surface area (Å²) in [5, 5.41) is 3.41. The Kier molecular flexibility index (Phi) is 5.61. The van der Waals surface area contributed by atoms with Gasteiger partial charge in [0.2, 0.25) is 0 Å². The lowest BCUT2D eigenvalue weighted by molar-refractivity contribution is -0.137. The molecular weight excluding hydrogens is 455 g/mol. The number of aromatic nitrogens is 1. The van der Waals surface area contributed by atoms with Gasteiger partial charge in [0, 0.05) is 40.5 Å². The number of rotatable bonds is 4. The number of amides is 2. The fourth-order valence-electron chi connectivity index (χ4n) is 4.28. The van der Waals surface area contributed by atoms with Crippen LogP contribution in [0.1, 0.15) is 37.4 Å². The summed E-state index contributed by atoms with van der Waals surface area (Å²) >= 11 is 0. The third kappa shape index (κ3) is 4.41. The zero-order valence-electron chi connectivity index (χ0n) is 18.3. The van der Waals surface area contributed by atoms with Crippen molar-refractivity contribution in [1.82, 2.24) is 9.88 Å². The molecule has 0 fully saturated rings. The number of fused-ring (bicyclic) bond motifs is 2. The van der Waals surface area contributed by atoms with Crippen LogP contribution >= 0.6 is 0 Å². The molecule has 5 rings (SSSR count). The SMILES string of the molecule is O=C(Nc1cccc(C(F)(F)F)c1)c1cccc2c1CCN(Cc1c#cnc3ccccc13)C2=O. The van der Waals surface area contributed by atoms with E-state index in [1.54, 1.807) is 23.1 Å². The van der Waals surface area contributed by atoms with Gasteiger partial charge in [-0.3, -0.25) is 9.59 Å². The topological polar surface area (TPSA) is 62.3 Å². The molecule has 0 saturated carbocycles. The minimum Gasteiger partial charge on any atom is -0.333 e. The van der Waals surface area contributed by atoms with Crippen LogP contribution in [0.2, 0.25) is 0 Å². The molecule has 35 heavy (non-hydrogen) atoms. The van der Waals surface area contributed by atoms with Crippen LogP contribution in [-0.2, 0) is 19.1 Å². The van der Waals surface area contributed by atoms with Crippen LogP contribution in [0.3, 0.4) is 0 Å². The van der Waals surface area contributed by atoms with Crippen LogP contribution in [0, 0.1) is 12.3 Å². The highest BCUT2D eigenvalue weighted by atomic mass is 19.4. The van der Waals surface area contributed by atoms with Crippen LogP contribution < -0.4 is 5.32 Å². The largest absolute Gasteiger partial charge is 0.416 e. The van der Waals surface area contributed by atoms with Gasteiger partial charge in [-0.15, -0.1) is 0 Å². The number of nitrogens with one attached hydrogen (secondary N) is 1. The van der Waals surface area contributed by atoms with E-state index in [4.69, 9.17) is 0 Å². The van der Waals surface area contributed by atoms with Crippen molar-refractivity contribution in [3.63, 3.8) is 0 Å². The Morgan fingerprint density at radius 1 is 1.06 bits per heavy atom. The van der Waals surface area contributed by atoms with Crippen molar-refractivity contribution in [3.8, 4) is 0 Å². The first-order valence-electron chi connectivity index (χ1n) is 10.9. The van der Waals surface area contributed by atoms with Crippen molar-refractivity contribution in [2.45, 2.75) is 19.1 Å². The number of halogens is 3. The molecule has 174 valence electrons. The molecule has 0 aliphatic carbocycles. The Balaban J connectivity index is 1.39. The molecule has 0 radical (unpaired) electrons. The molecule has 0 unspecified atom stereocenters. The molecule has 2 amide bonds. The zero-order valence-corrected chi connectivity index (χ0v) is 18.3. The molecule has 0 spiro atoms. The molecule has 0 atom stereocenters. The Labute approximate surface area is 199 Å². The van der Waals surface area contributed by atoms with Gasteiger partial charge >= 0.3 is 6.18 Å². The van der Waals surface area contributed by atoms with E-state index in [9.17, 15) is 22.8 Å². The predicted molar refractivity (Wildman–Crippen MR) is 124 cm³/mol. The van der Waals surface area contributed by atoms with Crippen molar-refractivity contribution in [2.24, 2.45) is 0 Å². The molecule has 8 heteroatoms. The maximum Gasteiger partial charge on any atom is 0.416 e. The van der Waals surface area contributed by atoms with Crippen LogP contribution in [0.4, 0.5) is 18.9 Å². The van der Waals surface area contributed by atoms with E-state index in [0.717, 1.165) is 28.6 Å². The standard InChI is InChI=1S/C27H18F3N3O2/c28-27(29,30)18-5-3-6-19(15-18)32-25(34)22-8-4-9-23-21(22)12-14-33(26(23)35)16-17-11-13-31-24-10-2-1-7-20(17)24/h1-10,15H,12,14,16H2,(H,32,34).